The van der Waals surface area contributed by atoms with Crippen molar-refractivity contribution in [3.63, 3.8) is 0 Å². The van der Waals surface area contributed by atoms with Crippen molar-refractivity contribution in [2.45, 2.75) is 36.6 Å². The number of carbonyl (C=O) groups excluding carboxylic acids is 1. The van der Waals surface area contributed by atoms with E-state index in [1.54, 1.807) is 0 Å². The highest BCUT2D eigenvalue weighted by atomic mass is 79.9. The lowest BCUT2D eigenvalue weighted by Gasteiger charge is -2.33. The van der Waals surface area contributed by atoms with Crippen molar-refractivity contribution in [2.24, 2.45) is 12.5 Å². The summed E-state index contributed by atoms with van der Waals surface area (Å²) in [6.07, 6.45) is 3.87. The van der Waals surface area contributed by atoms with E-state index in [4.69, 9.17) is 4.74 Å². The second-order valence-electron chi connectivity index (χ2n) is 9.07. The maximum Gasteiger partial charge on any atom is 0.317 e. The number of nitrogens with zero attached hydrogens (tertiary/aromatic N) is 2. The number of aromatic nitrogens is 1. The van der Waals surface area contributed by atoms with Gasteiger partial charge in [0.15, 0.2) is 0 Å². The maximum atomic E-state index is 13.6. The Bertz CT molecular complexity index is 1250. The summed E-state index contributed by atoms with van der Waals surface area (Å²) in [7, 11) is 3.31. The number of nitro groups is 1. The van der Waals surface area contributed by atoms with Crippen LogP contribution in [-0.2, 0) is 22.0 Å². The number of aryl methyl sites for hydroxylation is 1. The van der Waals surface area contributed by atoms with Gasteiger partial charge in [0.1, 0.15) is 5.41 Å². The molecule has 0 bridgehead atoms. The first-order valence-corrected chi connectivity index (χ1v) is 12.0. The van der Waals surface area contributed by atoms with Gasteiger partial charge in [-0.1, -0.05) is 50.1 Å². The average molecular weight is 562 g/mol. The number of ether oxygens (including phenoxy) is 1. The first kappa shape index (κ1) is 21.6. The van der Waals surface area contributed by atoms with Gasteiger partial charge in [-0.2, -0.15) is 0 Å². The molecule has 1 aromatic heterocycles. The molecular weight excluding hydrogens is 540 g/mol. The summed E-state index contributed by atoms with van der Waals surface area (Å²) >= 11 is 6.99. The largest absolute Gasteiger partial charge is 0.468 e. The van der Waals surface area contributed by atoms with Crippen LogP contribution >= 0.6 is 31.9 Å². The Morgan fingerprint density at radius 1 is 1.16 bits per heavy atom. The first-order valence-electron chi connectivity index (χ1n) is 10.5. The van der Waals surface area contributed by atoms with E-state index in [2.05, 4.69) is 31.9 Å². The smallest absolute Gasteiger partial charge is 0.317 e. The molecule has 8 heteroatoms. The van der Waals surface area contributed by atoms with Gasteiger partial charge in [0.25, 0.3) is 0 Å². The highest BCUT2D eigenvalue weighted by molar-refractivity contribution is 9.10. The second-order valence-corrected chi connectivity index (χ2v) is 10.9. The molecule has 5 rings (SSSR count). The van der Waals surface area contributed by atoms with Gasteiger partial charge in [0.2, 0.25) is 6.04 Å². The van der Waals surface area contributed by atoms with Crippen molar-refractivity contribution in [1.29, 1.82) is 0 Å². The quantitative estimate of drug-likeness (QED) is 0.232. The van der Waals surface area contributed by atoms with E-state index in [1.807, 2.05) is 60.3 Å². The molecule has 166 valence electrons. The Morgan fingerprint density at radius 3 is 2.41 bits per heavy atom. The number of halogens is 2. The summed E-state index contributed by atoms with van der Waals surface area (Å²) in [4.78, 5) is 26.0. The molecule has 0 aliphatic heterocycles. The molecule has 0 N–H and O–H groups in total. The molecule has 0 amide bonds. The molecule has 0 unspecified atom stereocenters. The maximum absolute atomic E-state index is 13.6. The van der Waals surface area contributed by atoms with Crippen LogP contribution in [0.3, 0.4) is 0 Å². The number of benzene rings is 2. The number of carbonyl (C=O) groups is 1. The van der Waals surface area contributed by atoms with Gasteiger partial charge in [-0.05, 0) is 54.7 Å². The van der Waals surface area contributed by atoms with Crippen molar-refractivity contribution in [2.75, 3.05) is 7.11 Å². The highest BCUT2D eigenvalue weighted by Crippen LogP contribution is 2.70. The molecule has 2 aromatic carbocycles. The van der Waals surface area contributed by atoms with Gasteiger partial charge in [0.05, 0.1) is 13.0 Å². The van der Waals surface area contributed by atoms with Crippen LogP contribution < -0.4 is 0 Å². The monoisotopic (exact) mass is 560 g/mol. The third kappa shape index (κ3) is 2.99. The van der Waals surface area contributed by atoms with Crippen molar-refractivity contribution in [3.05, 3.63) is 78.8 Å². The Hall–Kier alpha value is -2.19. The zero-order valence-corrected chi connectivity index (χ0v) is 20.9. The molecule has 3 atom stereocenters. The van der Waals surface area contributed by atoms with Crippen molar-refractivity contribution in [1.82, 2.24) is 4.57 Å². The molecule has 32 heavy (non-hydrogen) atoms. The Kier molecular flexibility index (Phi) is 5.02. The molecule has 2 saturated carbocycles. The zero-order valence-electron chi connectivity index (χ0n) is 17.7. The normalized spacial score (nSPS) is 25.9. The number of methoxy groups -OCH3 is 1. The fraction of sp³-hybridized carbons (Fsp3) is 0.375. The van der Waals surface area contributed by atoms with Crippen LogP contribution in [0, 0.1) is 15.5 Å². The minimum Gasteiger partial charge on any atom is -0.468 e. The number of rotatable bonds is 4. The Morgan fingerprint density at radius 2 is 1.81 bits per heavy atom. The lowest BCUT2D eigenvalue weighted by atomic mass is 9.68. The number of esters is 1. The molecule has 2 aliphatic carbocycles. The SMILES string of the molecule is COC(=O)[C@]1(c2ccc(Br)cc2)CC2(CC2)[C@H]([N+](=O)[O-])[C@H]1c1cn(C)c2cc(Br)ccc12. The third-order valence-corrected chi connectivity index (χ3v) is 8.47. The third-order valence-electron chi connectivity index (χ3n) is 7.45. The summed E-state index contributed by atoms with van der Waals surface area (Å²) in [5.74, 6) is -1.05. The van der Waals surface area contributed by atoms with Gasteiger partial charge in [-0.25, -0.2) is 0 Å². The molecule has 1 heterocycles. The Balaban J connectivity index is 1.84. The minimum atomic E-state index is -1.13. The van der Waals surface area contributed by atoms with Crippen LogP contribution in [0.25, 0.3) is 10.9 Å². The van der Waals surface area contributed by atoms with Gasteiger partial charge >= 0.3 is 5.97 Å². The molecule has 3 aromatic rings. The molecule has 0 saturated heterocycles. The zero-order chi connectivity index (χ0) is 22.8. The molecule has 2 fully saturated rings. The molecule has 1 spiro atoms. The van der Waals surface area contributed by atoms with Gasteiger partial charge in [-0.15, -0.1) is 0 Å². The van der Waals surface area contributed by atoms with E-state index in [0.717, 1.165) is 43.8 Å². The van der Waals surface area contributed by atoms with E-state index in [0.29, 0.717) is 6.42 Å². The van der Waals surface area contributed by atoms with E-state index < -0.39 is 28.8 Å². The summed E-state index contributed by atoms with van der Waals surface area (Å²) in [6.45, 7) is 0. The molecule has 2 aliphatic rings. The van der Waals surface area contributed by atoms with Crippen LogP contribution in [0.2, 0.25) is 0 Å². The van der Waals surface area contributed by atoms with Gasteiger partial charge in [0, 0.05) is 43.4 Å². The minimum absolute atomic E-state index is 0.154. The topological polar surface area (TPSA) is 74.4 Å². The predicted octanol–water partition coefficient (Wildman–Crippen LogP) is 5.73. The fourth-order valence-corrected chi connectivity index (χ4v) is 6.58. The van der Waals surface area contributed by atoms with E-state index in [9.17, 15) is 14.9 Å². The van der Waals surface area contributed by atoms with Crippen molar-refractivity contribution < 1.29 is 14.5 Å². The van der Waals surface area contributed by atoms with Crippen molar-refractivity contribution >= 4 is 48.7 Å². The lowest BCUT2D eigenvalue weighted by Crippen LogP contribution is -2.43. The van der Waals surface area contributed by atoms with E-state index in [-0.39, 0.29) is 4.92 Å². The predicted molar refractivity (Wildman–Crippen MR) is 128 cm³/mol. The molecule has 6 nitrogen and oxygen atoms in total. The summed E-state index contributed by atoms with van der Waals surface area (Å²) in [6, 6.07) is 12.6. The van der Waals surface area contributed by atoms with Crippen LogP contribution in [0.4, 0.5) is 0 Å². The first-order chi connectivity index (χ1) is 15.2. The van der Waals surface area contributed by atoms with E-state index in [1.165, 1.54) is 7.11 Å². The van der Waals surface area contributed by atoms with Gasteiger partial charge in [-0.3, -0.25) is 14.9 Å². The molecule has 0 radical (unpaired) electrons. The highest BCUT2D eigenvalue weighted by Gasteiger charge is 2.75. The second kappa shape index (κ2) is 7.42. The number of fused-ring (bicyclic) bond motifs is 1. The fourth-order valence-electron chi connectivity index (χ4n) is 5.97. The standard InChI is InChI=1S/C24H22Br2N2O4/c1-27-12-18(17-8-7-16(26)11-19(17)27)20-21(28(30)31)23(9-10-23)13-24(20,22(29)32-2)14-3-5-15(25)6-4-14/h3-8,11-12,20-21H,9-10,13H2,1-2H3/t20-,21-,24+/m1/s1. The number of hydrogen-bond donors (Lipinski definition) is 0. The van der Waals surface area contributed by atoms with Crippen molar-refractivity contribution in [3.8, 4) is 0 Å². The van der Waals surface area contributed by atoms with E-state index >= 15 is 0 Å². The van der Waals surface area contributed by atoms with Crippen LogP contribution in [0.5, 0.6) is 0 Å². The van der Waals surface area contributed by atoms with Gasteiger partial charge < -0.3 is 9.30 Å². The summed E-state index contributed by atoms with van der Waals surface area (Å²) in [5, 5.41) is 13.5. The lowest BCUT2D eigenvalue weighted by molar-refractivity contribution is -0.535. The summed E-state index contributed by atoms with van der Waals surface area (Å²) in [5.41, 5.74) is 0.928. The average Bonchev–Trinajstić information content (AvgIpc) is 3.36. The Labute approximate surface area is 202 Å². The summed E-state index contributed by atoms with van der Waals surface area (Å²) < 4.78 is 9.17. The van der Waals surface area contributed by atoms with Crippen LogP contribution in [-0.4, -0.2) is 28.6 Å². The van der Waals surface area contributed by atoms with Crippen LogP contribution in [0.15, 0.2) is 57.6 Å². The van der Waals surface area contributed by atoms with Crippen LogP contribution in [0.1, 0.15) is 36.3 Å². The number of hydrogen-bond acceptors (Lipinski definition) is 4. The molecular formula is C24H22Br2N2O4.